The normalized spacial score (nSPS) is 18.1. The molecule has 76 valence electrons. The summed E-state index contributed by atoms with van der Waals surface area (Å²) in [7, 11) is 1.75. The minimum absolute atomic E-state index is 0.0759. The summed E-state index contributed by atoms with van der Waals surface area (Å²) in [6.45, 7) is 0.473. The van der Waals surface area contributed by atoms with Crippen molar-refractivity contribution in [2.24, 2.45) is 0 Å². The van der Waals surface area contributed by atoms with Crippen molar-refractivity contribution in [2.45, 2.75) is 25.0 Å². The number of hydrogen-bond donors (Lipinski definition) is 2. The molecule has 0 atom stereocenters. The quantitative estimate of drug-likeness (QED) is 0.716. The van der Waals surface area contributed by atoms with Crippen molar-refractivity contribution >= 4 is 0 Å². The Morgan fingerprint density at radius 2 is 2.14 bits per heavy atom. The molecule has 1 aromatic rings. The Hall–Kier alpha value is -0.900. The SMILES string of the molecule is COC1(c2ccccc2CNO)CC1. The first-order valence-electron chi connectivity index (χ1n) is 4.83. The van der Waals surface area contributed by atoms with Gasteiger partial charge in [0.15, 0.2) is 0 Å². The van der Waals surface area contributed by atoms with Gasteiger partial charge in [-0.3, -0.25) is 0 Å². The van der Waals surface area contributed by atoms with E-state index in [4.69, 9.17) is 9.94 Å². The van der Waals surface area contributed by atoms with Crippen LogP contribution in [0.15, 0.2) is 24.3 Å². The second kappa shape index (κ2) is 3.69. The van der Waals surface area contributed by atoms with Crippen LogP contribution in [0.5, 0.6) is 0 Å². The van der Waals surface area contributed by atoms with E-state index in [-0.39, 0.29) is 5.60 Å². The highest BCUT2D eigenvalue weighted by Crippen LogP contribution is 2.49. The number of benzene rings is 1. The van der Waals surface area contributed by atoms with E-state index in [1.165, 1.54) is 5.56 Å². The molecule has 0 aliphatic heterocycles. The van der Waals surface area contributed by atoms with Crippen LogP contribution in [-0.4, -0.2) is 12.3 Å². The Kier molecular flexibility index (Phi) is 2.54. The molecule has 14 heavy (non-hydrogen) atoms. The Labute approximate surface area is 83.7 Å². The van der Waals surface area contributed by atoms with Gasteiger partial charge in [0, 0.05) is 13.7 Å². The van der Waals surface area contributed by atoms with Crippen LogP contribution in [0, 0.1) is 0 Å². The van der Waals surface area contributed by atoms with Crippen LogP contribution in [0.25, 0.3) is 0 Å². The number of methoxy groups -OCH3 is 1. The molecule has 2 rings (SSSR count). The summed E-state index contributed by atoms with van der Waals surface area (Å²) < 4.78 is 5.51. The minimum atomic E-state index is -0.0759. The van der Waals surface area contributed by atoms with Gasteiger partial charge >= 0.3 is 0 Å². The maximum atomic E-state index is 8.71. The number of hydroxylamine groups is 1. The molecule has 0 aromatic heterocycles. The zero-order valence-corrected chi connectivity index (χ0v) is 8.29. The van der Waals surface area contributed by atoms with Crippen molar-refractivity contribution in [2.75, 3.05) is 7.11 Å². The van der Waals surface area contributed by atoms with E-state index in [0.29, 0.717) is 6.54 Å². The molecule has 1 saturated carbocycles. The summed E-state index contributed by atoms with van der Waals surface area (Å²) in [5.74, 6) is 0. The van der Waals surface area contributed by atoms with Crippen LogP contribution in [0.1, 0.15) is 24.0 Å². The third-order valence-corrected chi connectivity index (χ3v) is 2.87. The number of rotatable bonds is 4. The predicted molar refractivity (Wildman–Crippen MR) is 53.0 cm³/mol. The molecule has 1 aromatic carbocycles. The van der Waals surface area contributed by atoms with Gasteiger partial charge in [-0.05, 0) is 24.0 Å². The monoisotopic (exact) mass is 193 g/mol. The van der Waals surface area contributed by atoms with Gasteiger partial charge in [-0.15, -0.1) is 0 Å². The summed E-state index contributed by atoms with van der Waals surface area (Å²) in [6.07, 6.45) is 2.15. The molecular weight excluding hydrogens is 178 g/mol. The first-order chi connectivity index (χ1) is 6.82. The summed E-state index contributed by atoms with van der Waals surface area (Å²) in [5.41, 5.74) is 4.42. The summed E-state index contributed by atoms with van der Waals surface area (Å²) in [6, 6.07) is 8.07. The number of hydrogen-bond acceptors (Lipinski definition) is 3. The highest BCUT2D eigenvalue weighted by molar-refractivity contribution is 5.36. The Balaban J connectivity index is 2.32. The average molecular weight is 193 g/mol. The molecule has 0 amide bonds. The molecule has 0 bridgehead atoms. The Bertz CT molecular complexity index is 321. The molecule has 0 heterocycles. The van der Waals surface area contributed by atoms with E-state index in [1.807, 2.05) is 18.2 Å². The summed E-state index contributed by atoms with van der Waals surface area (Å²) in [5, 5.41) is 8.71. The molecule has 0 unspecified atom stereocenters. The summed E-state index contributed by atoms with van der Waals surface area (Å²) in [4.78, 5) is 0. The van der Waals surface area contributed by atoms with Gasteiger partial charge in [-0.1, -0.05) is 24.3 Å². The lowest BCUT2D eigenvalue weighted by Crippen LogP contribution is -2.15. The summed E-state index contributed by atoms with van der Waals surface area (Å²) >= 11 is 0. The highest BCUT2D eigenvalue weighted by atomic mass is 16.5. The number of nitrogens with one attached hydrogen (secondary N) is 1. The highest BCUT2D eigenvalue weighted by Gasteiger charge is 2.45. The van der Waals surface area contributed by atoms with Gasteiger partial charge in [0.25, 0.3) is 0 Å². The molecule has 3 nitrogen and oxygen atoms in total. The molecule has 1 aliphatic rings. The molecule has 3 heteroatoms. The van der Waals surface area contributed by atoms with E-state index >= 15 is 0 Å². The van der Waals surface area contributed by atoms with Gasteiger partial charge in [0.2, 0.25) is 0 Å². The molecule has 0 saturated heterocycles. The third kappa shape index (κ3) is 1.54. The second-order valence-electron chi connectivity index (χ2n) is 3.69. The Morgan fingerprint density at radius 1 is 1.43 bits per heavy atom. The topological polar surface area (TPSA) is 41.5 Å². The first-order valence-corrected chi connectivity index (χ1v) is 4.83. The van der Waals surface area contributed by atoms with Gasteiger partial charge in [0.05, 0.1) is 5.60 Å². The first kappa shape index (κ1) is 9.65. The van der Waals surface area contributed by atoms with Crippen LogP contribution in [-0.2, 0) is 16.9 Å². The zero-order chi connectivity index (χ0) is 10.0. The largest absolute Gasteiger partial charge is 0.374 e. The van der Waals surface area contributed by atoms with Gasteiger partial charge in [-0.25, -0.2) is 5.48 Å². The van der Waals surface area contributed by atoms with Gasteiger partial charge in [0.1, 0.15) is 0 Å². The molecule has 2 N–H and O–H groups in total. The fourth-order valence-corrected chi connectivity index (χ4v) is 1.90. The minimum Gasteiger partial charge on any atom is -0.374 e. The maximum absolute atomic E-state index is 8.71. The lowest BCUT2D eigenvalue weighted by molar-refractivity contribution is 0.0770. The number of ether oxygens (including phenoxy) is 1. The predicted octanol–water partition coefficient (Wildman–Crippen LogP) is 1.80. The van der Waals surface area contributed by atoms with Gasteiger partial charge in [-0.2, -0.15) is 0 Å². The van der Waals surface area contributed by atoms with Crippen molar-refractivity contribution in [3.8, 4) is 0 Å². The van der Waals surface area contributed by atoms with Crippen molar-refractivity contribution in [1.82, 2.24) is 5.48 Å². The van der Waals surface area contributed by atoms with Crippen LogP contribution < -0.4 is 5.48 Å². The van der Waals surface area contributed by atoms with Crippen LogP contribution >= 0.6 is 0 Å². The molecule has 0 radical (unpaired) electrons. The molecule has 1 fully saturated rings. The average Bonchev–Trinajstić information content (AvgIpc) is 3.00. The Morgan fingerprint density at radius 3 is 2.71 bits per heavy atom. The lowest BCUT2D eigenvalue weighted by Gasteiger charge is -2.17. The van der Waals surface area contributed by atoms with Crippen LogP contribution in [0.2, 0.25) is 0 Å². The molecule has 0 spiro atoms. The zero-order valence-electron chi connectivity index (χ0n) is 8.29. The van der Waals surface area contributed by atoms with Crippen LogP contribution in [0.4, 0.5) is 0 Å². The second-order valence-corrected chi connectivity index (χ2v) is 3.69. The van der Waals surface area contributed by atoms with Crippen molar-refractivity contribution < 1.29 is 9.94 Å². The van der Waals surface area contributed by atoms with E-state index in [1.54, 1.807) is 7.11 Å². The maximum Gasteiger partial charge on any atom is 0.0933 e. The third-order valence-electron chi connectivity index (χ3n) is 2.87. The fourth-order valence-electron chi connectivity index (χ4n) is 1.90. The van der Waals surface area contributed by atoms with E-state index in [9.17, 15) is 0 Å². The fraction of sp³-hybridized carbons (Fsp3) is 0.455. The van der Waals surface area contributed by atoms with E-state index in [2.05, 4.69) is 11.5 Å². The van der Waals surface area contributed by atoms with Crippen LogP contribution in [0.3, 0.4) is 0 Å². The van der Waals surface area contributed by atoms with E-state index < -0.39 is 0 Å². The van der Waals surface area contributed by atoms with Crippen molar-refractivity contribution in [3.63, 3.8) is 0 Å². The van der Waals surface area contributed by atoms with E-state index in [0.717, 1.165) is 18.4 Å². The molecule has 1 aliphatic carbocycles. The lowest BCUT2D eigenvalue weighted by atomic mass is 10.0. The molecular formula is C11H15NO2. The van der Waals surface area contributed by atoms with Crippen molar-refractivity contribution in [1.29, 1.82) is 0 Å². The standard InChI is InChI=1S/C11H15NO2/c1-14-11(6-7-11)10-5-3-2-4-9(10)8-12-13/h2-5,12-13H,6-8H2,1H3. The van der Waals surface area contributed by atoms with Gasteiger partial charge < -0.3 is 9.94 Å². The van der Waals surface area contributed by atoms with Crippen molar-refractivity contribution in [3.05, 3.63) is 35.4 Å². The smallest absolute Gasteiger partial charge is 0.0933 e.